The van der Waals surface area contributed by atoms with E-state index in [9.17, 15) is 13.2 Å². The summed E-state index contributed by atoms with van der Waals surface area (Å²) in [7, 11) is -4.02. The van der Waals surface area contributed by atoms with Gasteiger partial charge in [-0.2, -0.15) is 4.31 Å². The summed E-state index contributed by atoms with van der Waals surface area (Å²) in [4.78, 5) is 12.1. The van der Waals surface area contributed by atoms with Crippen LogP contribution in [0.25, 0.3) is 0 Å². The number of aryl methyl sites for hydroxylation is 1. The third kappa shape index (κ3) is 2.66. The van der Waals surface area contributed by atoms with Crippen LogP contribution in [-0.4, -0.2) is 24.4 Å². The van der Waals surface area contributed by atoms with Gasteiger partial charge in [-0.05, 0) is 38.8 Å². The van der Waals surface area contributed by atoms with Gasteiger partial charge >= 0.3 is 6.09 Å². The molecular formula is C16H19NO4S. The Morgan fingerprint density at radius 3 is 2.45 bits per heavy atom. The summed E-state index contributed by atoms with van der Waals surface area (Å²) in [5, 5.41) is 0. The van der Waals surface area contributed by atoms with Gasteiger partial charge in [0.15, 0.2) is 5.60 Å². The molecule has 0 saturated carbocycles. The van der Waals surface area contributed by atoms with E-state index in [4.69, 9.17) is 4.74 Å². The second kappa shape index (κ2) is 5.61. The summed E-state index contributed by atoms with van der Waals surface area (Å²) in [6.07, 6.45) is 1.78. The standard InChI is InChI=1S/C16H19NO4S/c1-5-6-11-16(4)13(3)17(15(18)21-16)22(19,20)14-9-7-12(2)8-10-14/h5,7-10H,1,3,6,11H2,2,4H3. The molecule has 0 aromatic heterocycles. The van der Waals surface area contributed by atoms with Crippen molar-refractivity contribution >= 4 is 16.1 Å². The molecule has 22 heavy (non-hydrogen) atoms. The Hall–Kier alpha value is -2.08. The van der Waals surface area contributed by atoms with Crippen molar-refractivity contribution in [1.29, 1.82) is 0 Å². The molecule has 0 N–H and O–H groups in total. The molecule has 0 spiro atoms. The maximum atomic E-state index is 12.7. The average molecular weight is 321 g/mol. The van der Waals surface area contributed by atoms with Gasteiger partial charge in [0.05, 0.1) is 10.6 Å². The minimum Gasteiger partial charge on any atom is -0.436 e. The van der Waals surface area contributed by atoms with Gasteiger partial charge in [-0.1, -0.05) is 30.4 Å². The predicted molar refractivity (Wildman–Crippen MR) is 83.7 cm³/mol. The molecule has 0 aliphatic carbocycles. The van der Waals surface area contributed by atoms with Crippen LogP contribution in [0.5, 0.6) is 0 Å². The molecule has 0 radical (unpaired) electrons. The minimum absolute atomic E-state index is 0.0316. The molecule has 1 aromatic rings. The van der Waals surface area contributed by atoms with Crippen LogP contribution in [-0.2, 0) is 14.8 Å². The number of benzene rings is 1. The van der Waals surface area contributed by atoms with Crippen molar-refractivity contribution in [2.24, 2.45) is 0 Å². The number of allylic oxidation sites excluding steroid dienone is 1. The number of ether oxygens (including phenoxy) is 1. The summed E-state index contributed by atoms with van der Waals surface area (Å²) in [6.45, 7) is 10.9. The fourth-order valence-corrected chi connectivity index (χ4v) is 3.66. The van der Waals surface area contributed by atoms with Crippen LogP contribution in [0.4, 0.5) is 4.79 Å². The van der Waals surface area contributed by atoms with E-state index >= 15 is 0 Å². The first kappa shape index (κ1) is 16.3. The van der Waals surface area contributed by atoms with Crippen molar-refractivity contribution in [1.82, 2.24) is 4.31 Å². The first-order valence-electron chi connectivity index (χ1n) is 6.87. The fraction of sp³-hybridized carbons (Fsp3) is 0.312. The normalized spacial score (nSPS) is 21.8. The van der Waals surface area contributed by atoms with E-state index in [1.54, 1.807) is 25.1 Å². The van der Waals surface area contributed by atoms with Gasteiger partial charge in [0.1, 0.15) is 0 Å². The zero-order valence-electron chi connectivity index (χ0n) is 12.7. The van der Waals surface area contributed by atoms with Gasteiger partial charge in [0, 0.05) is 0 Å². The lowest BCUT2D eigenvalue weighted by Crippen LogP contribution is -2.32. The SMILES string of the molecule is C=CCCC1(C)OC(=O)N(S(=O)(=O)c2ccc(C)cc2)C1=C. The molecule has 1 fully saturated rings. The first-order chi connectivity index (χ1) is 10.2. The van der Waals surface area contributed by atoms with Crippen LogP contribution < -0.4 is 0 Å². The molecule has 1 heterocycles. The maximum absolute atomic E-state index is 12.7. The summed E-state index contributed by atoms with van der Waals surface area (Å²) < 4.78 is 31.3. The van der Waals surface area contributed by atoms with E-state index in [1.807, 2.05) is 6.92 Å². The molecule has 2 rings (SSSR count). The molecule has 1 amide bonds. The molecule has 1 aliphatic rings. The summed E-state index contributed by atoms with van der Waals surface area (Å²) in [6, 6.07) is 6.27. The van der Waals surface area contributed by atoms with Crippen LogP contribution in [0, 0.1) is 6.92 Å². The summed E-state index contributed by atoms with van der Waals surface area (Å²) in [5.74, 6) is 0. The second-order valence-electron chi connectivity index (χ2n) is 5.46. The Morgan fingerprint density at radius 2 is 1.91 bits per heavy atom. The van der Waals surface area contributed by atoms with Gasteiger partial charge in [-0.3, -0.25) is 0 Å². The average Bonchev–Trinajstić information content (AvgIpc) is 2.68. The van der Waals surface area contributed by atoms with Gasteiger partial charge in [-0.25, -0.2) is 13.2 Å². The number of carbonyl (C=O) groups is 1. The van der Waals surface area contributed by atoms with Crippen molar-refractivity contribution in [3.8, 4) is 0 Å². The van der Waals surface area contributed by atoms with Gasteiger partial charge in [-0.15, -0.1) is 6.58 Å². The smallest absolute Gasteiger partial charge is 0.429 e. The van der Waals surface area contributed by atoms with Gasteiger partial charge in [0.2, 0.25) is 0 Å². The van der Waals surface area contributed by atoms with E-state index in [0.29, 0.717) is 17.1 Å². The Balaban J connectivity index is 2.39. The Labute approximate surface area is 130 Å². The topological polar surface area (TPSA) is 63.7 Å². The molecule has 0 bridgehead atoms. The van der Waals surface area contributed by atoms with Crippen molar-refractivity contribution in [3.05, 3.63) is 54.8 Å². The zero-order valence-corrected chi connectivity index (χ0v) is 13.5. The Kier molecular flexibility index (Phi) is 4.15. The lowest BCUT2D eigenvalue weighted by molar-refractivity contribution is 0.0776. The number of carbonyl (C=O) groups excluding carboxylic acids is 1. The van der Waals surface area contributed by atoms with E-state index in [2.05, 4.69) is 13.2 Å². The lowest BCUT2D eigenvalue weighted by atomic mass is 9.97. The van der Waals surface area contributed by atoms with E-state index in [-0.39, 0.29) is 10.6 Å². The number of amides is 1. The Morgan fingerprint density at radius 1 is 1.32 bits per heavy atom. The third-order valence-electron chi connectivity index (χ3n) is 3.72. The molecule has 1 aliphatic heterocycles. The highest BCUT2D eigenvalue weighted by Crippen LogP contribution is 2.39. The van der Waals surface area contributed by atoms with Gasteiger partial charge < -0.3 is 4.74 Å². The zero-order chi connectivity index (χ0) is 16.5. The van der Waals surface area contributed by atoms with Crippen LogP contribution in [0.15, 0.2) is 54.1 Å². The van der Waals surface area contributed by atoms with Crippen LogP contribution in [0.1, 0.15) is 25.3 Å². The molecule has 5 nitrogen and oxygen atoms in total. The highest BCUT2D eigenvalue weighted by molar-refractivity contribution is 7.89. The number of hydrogen-bond donors (Lipinski definition) is 0. The Bertz CT molecular complexity index is 721. The molecule has 1 aromatic carbocycles. The van der Waals surface area contributed by atoms with Gasteiger partial charge in [0.25, 0.3) is 10.0 Å². The number of sulfonamides is 1. The molecule has 1 unspecified atom stereocenters. The van der Waals surface area contributed by atoms with E-state index in [1.165, 1.54) is 12.1 Å². The number of rotatable bonds is 5. The molecule has 6 heteroatoms. The predicted octanol–water partition coefficient (Wildman–Crippen LogP) is 3.37. The maximum Gasteiger partial charge on any atom is 0.429 e. The fourth-order valence-electron chi connectivity index (χ4n) is 2.25. The van der Waals surface area contributed by atoms with Crippen LogP contribution in [0.3, 0.4) is 0 Å². The number of cyclic esters (lactones) is 1. The highest BCUT2D eigenvalue weighted by atomic mass is 32.2. The monoisotopic (exact) mass is 321 g/mol. The first-order valence-corrected chi connectivity index (χ1v) is 8.31. The molecule has 118 valence electrons. The summed E-state index contributed by atoms with van der Waals surface area (Å²) in [5.41, 5.74) is 0.0146. The number of hydrogen-bond acceptors (Lipinski definition) is 4. The second-order valence-corrected chi connectivity index (χ2v) is 7.24. The van der Waals surface area contributed by atoms with Crippen molar-refractivity contribution in [2.45, 2.75) is 37.2 Å². The molecule has 1 atom stereocenters. The van der Waals surface area contributed by atoms with Crippen LogP contribution in [0.2, 0.25) is 0 Å². The quantitative estimate of drug-likeness (QED) is 0.780. The summed E-state index contributed by atoms with van der Waals surface area (Å²) >= 11 is 0. The van der Waals surface area contributed by atoms with Crippen molar-refractivity contribution in [2.75, 3.05) is 0 Å². The number of nitrogens with zero attached hydrogens (tertiary/aromatic N) is 1. The van der Waals surface area contributed by atoms with E-state index in [0.717, 1.165) is 5.56 Å². The molecular weight excluding hydrogens is 302 g/mol. The van der Waals surface area contributed by atoms with Crippen molar-refractivity contribution < 1.29 is 17.9 Å². The van der Waals surface area contributed by atoms with Crippen LogP contribution >= 0.6 is 0 Å². The third-order valence-corrected chi connectivity index (χ3v) is 5.44. The lowest BCUT2D eigenvalue weighted by Gasteiger charge is -2.23. The highest BCUT2D eigenvalue weighted by Gasteiger charge is 2.50. The van der Waals surface area contributed by atoms with E-state index < -0.39 is 21.7 Å². The largest absolute Gasteiger partial charge is 0.436 e. The van der Waals surface area contributed by atoms with Crippen molar-refractivity contribution in [3.63, 3.8) is 0 Å². The minimum atomic E-state index is -4.02. The molecule has 1 saturated heterocycles.